The van der Waals surface area contributed by atoms with E-state index in [0.29, 0.717) is 5.54 Å². The highest BCUT2D eigenvalue weighted by molar-refractivity contribution is 5.04. The van der Waals surface area contributed by atoms with Crippen molar-refractivity contribution in [1.29, 1.82) is 0 Å². The molecule has 0 aromatic carbocycles. The monoisotopic (exact) mass is 156 g/mol. The van der Waals surface area contributed by atoms with Crippen molar-refractivity contribution in [1.82, 2.24) is 10.2 Å². The predicted octanol–water partition coefficient (Wildman–Crippen LogP) is 0.110. The van der Waals surface area contributed by atoms with E-state index in [2.05, 4.69) is 17.1 Å². The summed E-state index contributed by atoms with van der Waals surface area (Å²) in [7, 11) is 0. The van der Waals surface area contributed by atoms with Crippen molar-refractivity contribution in [2.75, 3.05) is 13.1 Å². The molecule has 0 aromatic heterocycles. The van der Waals surface area contributed by atoms with E-state index >= 15 is 0 Å². The molecule has 2 rings (SSSR count). The molecule has 3 nitrogen and oxygen atoms in total. The summed E-state index contributed by atoms with van der Waals surface area (Å²) in [6.45, 7) is 4.06. The van der Waals surface area contributed by atoms with Gasteiger partial charge in [0.15, 0.2) is 6.35 Å². The lowest BCUT2D eigenvalue weighted by Gasteiger charge is -2.37. The second kappa shape index (κ2) is 2.44. The quantitative estimate of drug-likeness (QED) is 0.565. The summed E-state index contributed by atoms with van der Waals surface area (Å²) in [5, 5.41) is 12.8. The SMILES string of the molecule is CCN1CCC2(CC2)NC1O. The van der Waals surface area contributed by atoms with Crippen LogP contribution in [0.15, 0.2) is 0 Å². The van der Waals surface area contributed by atoms with Crippen molar-refractivity contribution >= 4 is 0 Å². The van der Waals surface area contributed by atoms with Crippen molar-refractivity contribution in [2.45, 2.75) is 38.1 Å². The number of aliphatic hydroxyl groups excluding tert-OH is 1. The van der Waals surface area contributed by atoms with Crippen LogP contribution in [0.2, 0.25) is 0 Å². The van der Waals surface area contributed by atoms with Crippen LogP contribution in [0.3, 0.4) is 0 Å². The molecule has 64 valence electrons. The Morgan fingerprint density at radius 2 is 2.27 bits per heavy atom. The Kier molecular flexibility index (Phi) is 1.67. The van der Waals surface area contributed by atoms with Crippen molar-refractivity contribution in [3.05, 3.63) is 0 Å². The molecule has 0 amide bonds. The maximum Gasteiger partial charge on any atom is 0.163 e. The Hall–Kier alpha value is -0.120. The second-order valence-electron chi connectivity index (χ2n) is 3.68. The fraction of sp³-hybridized carbons (Fsp3) is 1.00. The molecule has 2 N–H and O–H groups in total. The molecule has 1 aliphatic heterocycles. The van der Waals surface area contributed by atoms with E-state index in [1.807, 2.05) is 0 Å². The molecule has 1 spiro atoms. The number of nitrogens with one attached hydrogen (secondary N) is 1. The van der Waals surface area contributed by atoms with Gasteiger partial charge in [-0.15, -0.1) is 0 Å². The molecule has 0 radical (unpaired) electrons. The Morgan fingerprint density at radius 1 is 1.55 bits per heavy atom. The molecule has 1 atom stereocenters. The first-order valence-corrected chi connectivity index (χ1v) is 4.46. The van der Waals surface area contributed by atoms with Crippen LogP contribution in [0, 0.1) is 0 Å². The second-order valence-corrected chi connectivity index (χ2v) is 3.68. The van der Waals surface area contributed by atoms with Gasteiger partial charge in [-0.05, 0) is 25.8 Å². The fourth-order valence-corrected chi connectivity index (χ4v) is 1.79. The van der Waals surface area contributed by atoms with Gasteiger partial charge in [-0.3, -0.25) is 10.2 Å². The third-order valence-electron chi connectivity index (χ3n) is 2.92. The zero-order valence-corrected chi connectivity index (χ0v) is 7.01. The third kappa shape index (κ3) is 1.28. The number of hydrogen-bond acceptors (Lipinski definition) is 3. The number of hydrogen-bond donors (Lipinski definition) is 2. The molecule has 0 aromatic rings. The molecule has 2 fully saturated rings. The number of nitrogens with zero attached hydrogens (tertiary/aromatic N) is 1. The molecule has 1 unspecified atom stereocenters. The van der Waals surface area contributed by atoms with Crippen LogP contribution < -0.4 is 5.32 Å². The van der Waals surface area contributed by atoms with Crippen LogP contribution in [0.5, 0.6) is 0 Å². The first-order valence-electron chi connectivity index (χ1n) is 4.46. The summed E-state index contributed by atoms with van der Waals surface area (Å²) in [5.41, 5.74) is 0.338. The van der Waals surface area contributed by atoms with Crippen LogP contribution in [-0.2, 0) is 0 Å². The maximum absolute atomic E-state index is 9.56. The number of aliphatic hydroxyl groups is 1. The van der Waals surface area contributed by atoms with E-state index in [-0.39, 0.29) is 0 Å². The van der Waals surface area contributed by atoms with Crippen molar-refractivity contribution in [2.24, 2.45) is 0 Å². The summed E-state index contributed by atoms with van der Waals surface area (Å²) in [6.07, 6.45) is 3.32. The fourth-order valence-electron chi connectivity index (χ4n) is 1.79. The lowest BCUT2D eigenvalue weighted by atomic mass is 10.1. The Morgan fingerprint density at radius 3 is 2.73 bits per heavy atom. The molecular formula is C8H16N2O. The van der Waals surface area contributed by atoms with Gasteiger partial charge in [0.25, 0.3) is 0 Å². The average Bonchev–Trinajstić information content (AvgIpc) is 2.70. The van der Waals surface area contributed by atoms with Gasteiger partial charge < -0.3 is 5.11 Å². The molecular weight excluding hydrogens is 140 g/mol. The van der Waals surface area contributed by atoms with Crippen LogP contribution in [0.4, 0.5) is 0 Å². The first kappa shape index (κ1) is 7.53. The molecule has 3 heteroatoms. The topological polar surface area (TPSA) is 35.5 Å². The molecule has 2 aliphatic rings. The van der Waals surface area contributed by atoms with Crippen LogP contribution in [0.25, 0.3) is 0 Å². The van der Waals surface area contributed by atoms with E-state index in [9.17, 15) is 5.11 Å². The van der Waals surface area contributed by atoms with Crippen molar-refractivity contribution in [3.8, 4) is 0 Å². The predicted molar refractivity (Wildman–Crippen MR) is 43.0 cm³/mol. The summed E-state index contributed by atoms with van der Waals surface area (Å²) in [5.74, 6) is 0. The highest BCUT2D eigenvalue weighted by Crippen LogP contribution is 2.41. The van der Waals surface area contributed by atoms with Crippen LogP contribution >= 0.6 is 0 Å². The van der Waals surface area contributed by atoms with Gasteiger partial charge in [-0.1, -0.05) is 6.92 Å². The Balaban J connectivity index is 1.94. The maximum atomic E-state index is 9.56. The van der Waals surface area contributed by atoms with Gasteiger partial charge in [0.1, 0.15) is 0 Å². The summed E-state index contributed by atoms with van der Waals surface area (Å²) < 4.78 is 0. The third-order valence-corrected chi connectivity index (χ3v) is 2.92. The van der Waals surface area contributed by atoms with E-state index in [1.54, 1.807) is 0 Å². The minimum Gasteiger partial charge on any atom is -0.365 e. The summed E-state index contributed by atoms with van der Waals surface area (Å²) in [4.78, 5) is 2.06. The largest absolute Gasteiger partial charge is 0.365 e. The van der Waals surface area contributed by atoms with Gasteiger partial charge in [0.05, 0.1) is 0 Å². The molecule has 11 heavy (non-hydrogen) atoms. The molecule has 0 bridgehead atoms. The van der Waals surface area contributed by atoms with E-state index < -0.39 is 6.35 Å². The van der Waals surface area contributed by atoms with Crippen LogP contribution in [0.1, 0.15) is 26.2 Å². The zero-order chi connectivity index (χ0) is 7.90. The highest BCUT2D eigenvalue weighted by Gasteiger charge is 2.46. The lowest BCUT2D eigenvalue weighted by Crippen LogP contribution is -2.56. The minimum atomic E-state index is -0.392. The lowest BCUT2D eigenvalue weighted by molar-refractivity contribution is -0.0573. The minimum absolute atomic E-state index is 0.338. The van der Waals surface area contributed by atoms with Gasteiger partial charge in [0.2, 0.25) is 0 Å². The zero-order valence-electron chi connectivity index (χ0n) is 7.01. The van der Waals surface area contributed by atoms with Gasteiger partial charge in [-0.25, -0.2) is 0 Å². The molecule has 1 saturated heterocycles. The normalized spacial score (nSPS) is 36.0. The highest BCUT2D eigenvalue weighted by atomic mass is 16.3. The molecule has 1 heterocycles. The van der Waals surface area contributed by atoms with E-state index in [4.69, 9.17) is 0 Å². The average molecular weight is 156 g/mol. The standard InChI is InChI=1S/C8H16N2O/c1-2-10-6-5-8(3-4-8)9-7(10)11/h7,9,11H,2-6H2,1H3. The summed E-state index contributed by atoms with van der Waals surface area (Å²) >= 11 is 0. The van der Waals surface area contributed by atoms with E-state index in [0.717, 1.165) is 13.1 Å². The van der Waals surface area contributed by atoms with Crippen molar-refractivity contribution in [3.63, 3.8) is 0 Å². The van der Waals surface area contributed by atoms with E-state index in [1.165, 1.54) is 19.3 Å². The van der Waals surface area contributed by atoms with Crippen LogP contribution in [-0.4, -0.2) is 35.0 Å². The van der Waals surface area contributed by atoms with Gasteiger partial charge in [-0.2, -0.15) is 0 Å². The van der Waals surface area contributed by atoms with Gasteiger partial charge in [0, 0.05) is 12.1 Å². The molecule has 1 saturated carbocycles. The Labute approximate surface area is 67.4 Å². The smallest absolute Gasteiger partial charge is 0.163 e. The van der Waals surface area contributed by atoms with Gasteiger partial charge >= 0.3 is 0 Å². The number of rotatable bonds is 1. The van der Waals surface area contributed by atoms with Crippen molar-refractivity contribution < 1.29 is 5.11 Å². The molecule has 1 aliphatic carbocycles. The summed E-state index contributed by atoms with van der Waals surface area (Å²) in [6, 6.07) is 0. The first-order chi connectivity index (χ1) is 5.26. The Bertz CT molecular complexity index is 156.